The molecular formula is C33H32FN5O3. The van der Waals surface area contributed by atoms with Gasteiger partial charge in [0.2, 0.25) is 5.91 Å². The molecule has 1 N–H and O–H groups in total. The first kappa shape index (κ1) is 27.4. The van der Waals surface area contributed by atoms with Crippen molar-refractivity contribution in [3.05, 3.63) is 107 Å². The molecular weight excluding hydrogens is 533 g/mol. The Morgan fingerprint density at radius 3 is 2.48 bits per heavy atom. The number of aromatic amines is 1. The van der Waals surface area contributed by atoms with Gasteiger partial charge in [-0.3, -0.25) is 24.4 Å². The number of nitrogens with one attached hydrogen (secondary N) is 1. The third-order valence-corrected chi connectivity index (χ3v) is 8.44. The number of fused-ring (bicyclic) bond motifs is 1. The highest BCUT2D eigenvalue weighted by Crippen LogP contribution is 2.35. The lowest BCUT2D eigenvalue weighted by Crippen LogP contribution is -2.42. The predicted molar refractivity (Wildman–Crippen MR) is 157 cm³/mol. The number of anilines is 1. The summed E-state index contributed by atoms with van der Waals surface area (Å²) in [6.45, 7) is 3.17. The van der Waals surface area contributed by atoms with Crippen molar-refractivity contribution in [3.8, 4) is 11.3 Å². The molecule has 0 aliphatic carbocycles. The quantitative estimate of drug-likeness (QED) is 0.301. The number of H-pyrrole nitrogens is 1. The van der Waals surface area contributed by atoms with E-state index in [0.717, 1.165) is 17.0 Å². The van der Waals surface area contributed by atoms with Gasteiger partial charge in [0, 0.05) is 31.6 Å². The Balaban J connectivity index is 1.11. The average molecular weight is 566 g/mol. The fourth-order valence-corrected chi connectivity index (χ4v) is 5.90. The molecule has 0 bridgehead atoms. The van der Waals surface area contributed by atoms with Crippen molar-refractivity contribution in [2.24, 2.45) is 5.92 Å². The van der Waals surface area contributed by atoms with E-state index in [1.54, 1.807) is 29.2 Å². The van der Waals surface area contributed by atoms with Crippen LogP contribution >= 0.6 is 0 Å². The first-order valence-electron chi connectivity index (χ1n) is 14.2. The number of carbonyl (C=O) groups is 3. The molecule has 8 nitrogen and oxygen atoms in total. The number of amides is 3. The van der Waals surface area contributed by atoms with E-state index >= 15 is 0 Å². The van der Waals surface area contributed by atoms with Gasteiger partial charge in [-0.25, -0.2) is 4.39 Å². The van der Waals surface area contributed by atoms with E-state index in [2.05, 4.69) is 15.1 Å². The summed E-state index contributed by atoms with van der Waals surface area (Å²) < 4.78 is 13.7. The van der Waals surface area contributed by atoms with E-state index in [1.807, 2.05) is 56.4 Å². The SMILES string of the molecule is C[C@H](c1cc(-c2ccccc2)n[nH]1)N(C)C(=O)C1CCN(c2cccc3c2C(=O)N(Cc2cccc(F)c2)C3=O)CC1. The smallest absolute Gasteiger partial charge is 0.263 e. The number of nitrogens with zero attached hydrogens (tertiary/aromatic N) is 4. The van der Waals surface area contributed by atoms with Gasteiger partial charge < -0.3 is 9.80 Å². The number of benzene rings is 3. The van der Waals surface area contributed by atoms with Crippen molar-refractivity contribution in [3.63, 3.8) is 0 Å². The highest BCUT2D eigenvalue weighted by Gasteiger charge is 2.39. The molecule has 214 valence electrons. The first-order valence-corrected chi connectivity index (χ1v) is 14.2. The van der Waals surface area contributed by atoms with E-state index in [0.29, 0.717) is 48.3 Å². The van der Waals surface area contributed by atoms with Gasteiger partial charge in [-0.1, -0.05) is 48.5 Å². The van der Waals surface area contributed by atoms with E-state index in [-0.39, 0.29) is 36.2 Å². The molecule has 3 heterocycles. The van der Waals surface area contributed by atoms with Crippen LogP contribution in [0.3, 0.4) is 0 Å². The third-order valence-electron chi connectivity index (χ3n) is 8.44. The van der Waals surface area contributed by atoms with Gasteiger partial charge in [-0.2, -0.15) is 5.10 Å². The van der Waals surface area contributed by atoms with Gasteiger partial charge >= 0.3 is 0 Å². The van der Waals surface area contributed by atoms with Crippen molar-refractivity contribution >= 4 is 23.4 Å². The number of halogens is 1. The Hall–Kier alpha value is -4.79. The largest absolute Gasteiger partial charge is 0.371 e. The Kier molecular flexibility index (Phi) is 7.33. The minimum atomic E-state index is -0.413. The molecule has 1 aromatic heterocycles. The summed E-state index contributed by atoms with van der Waals surface area (Å²) in [5.41, 5.74) is 4.70. The number of carbonyl (C=O) groups excluding carboxylic acids is 3. The lowest BCUT2D eigenvalue weighted by atomic mass is 9.93. The van der Waals surface area contributed by atoms with Crippen LogP contribution in [0.25, 0.3) is 11.3 Å². The van der Waals surface area contributed by atoms with Gasteiger partial charge in [0.05, 0.1) is 40.8 Å². The Morgan fingerprint density at radius 1 is 1.00 bits per heavy atom. The van der Waals surface area contributed by atoms with Crippen LogP contribution in [0.15, 0.2) is 78.9 Å². The van der Waals surface area contributed by atoms with Gasteiger partial charge in [0.15, 0.2) is 0 Å². The lowest BCUT2D eigenvalue weighted by molar-refractivity contribution is -0.136. The lowest BCUT2D eigenvalue weighted by Gasteiger charge is -2.36. The van der Waals surface area contributed by atoms with Gasteiger partial charge in [-0.15, -0.1) is 0 Å². The molecule has 2 aliphatic heterocycles. The molecule has 0 unspecified atom stereocenters. The van der Waals surface area contributed by atoms with Gasteiger partial charge in [-0.05, 0) is 55.7 Å². The zero-order chi connectivity index (χ0) is 29.4. The zero-order valence-corrected chi connectivity index (χ0v) is 23.6. The summed E-state index contributed by atoms with van der Waals surface area (Å²) in [7, 11) is 1.82. The molecule has 2 aliphatic rings. The summed E-state index contributed by atoms with van der Waals surface area (Å²) in [6.07, 6.45) is 1.26. The molecule has 1 atom stereocenters. The van der Waals surface area contributed by atoms with E-state index in [1.165, 1.54) is 17.0 Å². The monoisotopic (exact) mass is 565 g/mol. The van der Waals surface area contributed by atoms with Crippen molar-refractivity contribution < 1.29 is 18.8 Å². The number of hydrogen-bond donors (Lipinski definition) is 1. The maximum absolute atomic E-state index is 13.7. The highest BCUT2D eigenvalue weighted by molar-refractivity contribution is 6.23. The van der Waals surface area contributed by atoms with E-state index < -0.39 is 5.82 Å². The van der Waals surface area contributed by atoms with E-state index in [9.17, 15) is 18.8 Å². The van der Waals surface area contributed by atoms with Gasteiger partial charge in [0.1, 0.15) is 5.82 Å². The topological polar surface area (TPSA) is 89.6 Å². The molecule has 0 radical (unpaired) electrons. The Morgan fingerprint density at radius 2 is 1.74 bits per heavy atom. The summed E-state index contributed by atoms with van der Waals surface area (Å²) in [5.74, 6) is -1.25. The second-order valence-corrected chi connectivity index (χ2v) is 11.0. The second kappa shape index (κ2) is 11.2. The molecule has 0 spiro atoms. The van der Waals surface area contributed by atoms with Crippen LogP contribution in [0, 0.1) is 11.7 Å². The summed E-state index contributed by atoms with van der Waals surface area (Å²) in [5, 5.41) is 7.53. The number of aromatic nitrogens is 2. The fourth-order valence-electron chi connectivity index (χ4n) is 5.90. The highest BCUT2D eigenvalue weighted by atomic mass is 19.1. The normalized spacial score (nSPS) is 16.1. The van der Waals surface area contributed by atoms with Crippen LogP contribution in [0.5, 0.6) is 0 Å². The minimum absolute atomic E-state index is 0.00775. The van der Waals surface area contributed by atoms with Crippen molar-refractivity contribution in [2.45, 2.75) is 32.4 Å². The van der Waals surface area contributed by atoms with E-state index in [4.69, 9.17) is 0 Å². The summed E-state index contributed by atoms with van der Waals surface area (Å²) in [6, 6.07) is 22.9. The van der Waals surface area contributed by atoms with Crippen LogP contribution in [-0.2, 0) is 11.3 Å². The second-order valence-electron chi connectivity index (χ2n) is 11.0. The molecule has 3 aromatic carbocycles. The van der Waals surface area contributed by atoms with Gasteiger partial charge in [0.25, 0.3) is 11.8 Å². The number of hydrogen-bond acceptors (Lipinski definition) is 5. The molecule has 1 fully saturated rings. The summed E-state index contributed by atoms with van der Waals surface area (Å²) in [4.78, 5) is 45.1. The number of piperidine rings is 1. The number of rotatable bonds is 7. The number of imide groups is 1. The molecule has 1 saturated heterocycles. The molecule has 6 rings (SSSR count). The molecule has 3 amide bonds. The molecule has 4 aromatic rings. The van der Waals surface area contributed by atoms with Crippen LogP contribution < -0.4 is 4.90 Å². The fraction of sp³-hybridized carbons (Fsp3) is 0.273. The third kappa shape index (κ3) is 5.06. The van der Waals surface area contributed by atoms with Crippen molar-refractivity contribution in [1.82, 2.24) is 20.0 Å². The molecule has 42 heavy (non-hydrogen) atoms. The van der Waals surface area contributed by atoms with Crippen molar-refractivity contribution in [2.75, 3.05) is 25.0 Å². The zero-order valence-electron chi connectivity index (χ0n) is 23.6. The average Bonchev–Trinajstić information content (AvgIpc) is 3.61. The summed E-state index contributed by atoms with van der Waals surface area (Å²) >= 11 is 0. The molecule has 9 heteroatoms. The predicted octanol–water partition coefficient (Wildman–Crippen LogP) is 5.45. The standard InChI is InChI=1S/C33H32FN5O3/c1-21(27-19-28(36-35-27)23-9-4-3-5-10-23)37(2)31(40)24-14-16-38(17-15-24)29-13-7-12-26-30(29)33(42)39(32(26)41)20-22-8-6-11-25(34)18-22/h3-13,18-19,21,24H,14-17,20H2,1-2H3,(H,35,36)/t21-/m1/s1. The van der Waals surface area contributed by atoms with Crippen LogP contribution in [0.1, 0.15) is 57.8 Å². The maximum Gasteiger partial charge on any atom is 0.263 e. The Labute approximate surface area is 243 Å². The van der Waals surface area contributed by atoms with Crippen LogP contribution in [0.4, 0.5) is 10.1 Å². The molecule has 0 saturated carbocycles. The van der Waals surface area contributed by atoms with Crippen LogP contribution in [0.2, 0.25) is 0 Å². The first-order chi connectivity index (χ1) is 20.3. The Bertz CT molecular complexity index is 1640. The minimum Gasteiger partial charge on any atom is -0.371 e. The van der Waals surface area contributed by atoms with Crippen LogP contribution in [-0.4, -0.2) is 57.9 Å². The maximum atomic E-state index is 13.7. The van der Waals surface area contributed by atoms with Crippen molar-refractivity contribution in [1.29, 1.82) is 0 Å².